The number of fused-ring (bicyclic) bond motifs is 3. The van der Waals surface area contributed by atoms with Gasteiger partial charge in [0.1, 0.15) is 6.61 Å². The number of halogens is 2. The van der Waals surface area contributed by atoms with Crippen LogP contribution in [0, 0.1) is 11.8 Å². The molecule has 4 heterocycles. The number of aryl methyl sites for hydroxylation is 2. The average molecular weight is 936 g/mol. The SMILES string of the molecule is CO[C@H]1/C=C/C[C@H](C)CS(=O)(NC(=O)c2cn(C)nc2OCCN2CCOCC2)=NC(=O)c2ccc3c(c2)N(Cc2ccc(Cl)cc2CCCCO3)[I-][C@@H]2CC[C@@H]12. The van der Waals surface area contributed by atoms with Gasteiger partial charge in [-0.2, -0.15) is 0 Å². The molecule has 1 N–H and O–H groups in total. The third-order valence-corrected chi connectivity index (χ3v) is 16.9. The van der Waals surface area contributed by atoms with E-state index in [9.17, 15) is 13.8 Å². The zero-order chi connectivity index (χ0) is 39.9. The molecule has 0 radical (unpaired) electrons. The number of ether oxygens (including phenoxy) is 4. The van der Waals surface area contributed by atoms with Gasteiger partial charge in [-0.25, -0.2) is 0 Å². The molecule has 3 aliphatic heterocycles. The van der Waals surface area contributed by atoms with Crippen molar-refractivity contribution in [1.29, 1.82) is 0 Å². The molecule has 1 aromatic heterocycles. The Kier molecular flexibility index (Phi) is 14.1. The summed E-state index contributed by atoms with van der Waals surface area (Å²) >= 11 is 5.87. The number of nitrogens with one attached hydrogen (secondary N) is 1. The summed E-state index contributed by atoms with van der Waals surface area (Å²) in [6, 6.07) is 11.5. The fourth-order valence-electron chi connectivity index (χ4n) is 7.60. The first-order valence-corrected chi connectivity index (χ1v) is 24.1. The van der Waals surface area contributed by atoms with E-state index in [0.29, 0.717) is 66.6 Å². The second-order valence-electron chi connectivity index (χ2n) is 15.2. The van der Waals surface area contributed by atoms with Crippen LogP contribution >= 0.6 is 11.6 Å². The predicted molar refractivity (Wildman–Crippen MR) is 216 cm³/mol. The van der Waals surface area contributed by atoms with E-state index in [1.807, 2.05) is 25.1 Å². The molecule has 2 bridgehead atoms. The number of amides is 2. The molecule has 310 valence electrons. The van der Waals surface area contributed by atoms with Gasteiger partial charge in [0, 0.05) is 26.7 Å². The quantitative estimate of drug-likeness (QED) is 0.163. The van der Waals surface area contributed by atoms with Crippen molar-refractivity contribution in [2.45, 2.75) is 62.0 Å². The second-order valence-corrected chi connectivity index (χ2v) is 21.0. The van der Waals surface area contributed by atoms with E-state index < -0.39 is 43.2 Å². The summed E-state index contributed by atoms with van der Waals surface area (Å²) in [5.74, 6) is -0.416. The Labute approximate surface area is 351 Å². The van der Waals surface area contributed by atoms with Crippen molar-refractivity contribution in [2.75, 3.05) is 62.0 Å². The van der Waals surface area contributed by atoms with Crippen molar-refractivity contribution in [3.05, 3.63) is 82.0 Å². The zero-order valence-corrected chi connectivity index (χ0v) is 36.6. The molecule has 2 fully saturated rings. The average Bonchev–Trinajstić information content (AvgIpc) is 3.54. The van der Waals surface area contributed by atoms with Crippen LogP contribution in [-0.2, 0) is 39.4 Å². The van der Waals surface area contributed by atoms with E-state index >= 15 is 0 Å². The van der Waals surface area contributed by atoms with Crippen LogP contribution in [0.5, 0.6) is 11.6 Å². The molecule has 0 spiro atoms. The van der Waals surface area contributed by atoms with E-state index in [-0.39, 0.29) is 34.8 Å². The molecule has 16 heteroatoms. The van der Waals surface area contributed by atoms with Crippen LogP contribution < -0.4 is 38.8 Å². The minimum absolute atomic E-state index is 0.0446. The van der Waals surface area contributed by atoms with Gasteiger partial charge in [0.25, 0.3) is 0 Å². The van der Waals surface area contributed by atoms with E-state index in [1.165, 1.54) is 22.0 Å². The monoisotopic (exact) mass is 935 g/mol. The van der Waals surface area contributed by atoms with E-state index in [0.717, 1.165) is 50.9 Å². The number of carbonyl (C=O) groups is 2. The molecule has 57 heavy (non-hydrogen) atoms. The van der Waals surface area contributed by atoms with Crippen LogP contribution in [0.1, 0.15) is 70.9 Å². The van der Waals surface area contributed by atoms with Gasteiger partial charge in [0.05, 0.1) is 13.2 Å². The van der Waals surface area contributed by atoms with Crippen molar-refractivity contribution < 1.29 is 54.2 Å². The molecule has 1 saturated heterocycles. The number of rotatable bonds is 7. The van der Waals surface area contributed by atoms with Crippen molar-refractivity contribution in [3.63, 3.8) is 0 Å². The number of carbonyl (C=O) groups excluding carboxylic acids is 2. The molecule has 13 nitrogen and oxygen atoms in total. The maximum absolute atomic E-state index is 14.9. The Balaban J connectivity index is 1.23. The summed E-state index contributed by atoms with van der Waals surface area (Å²) in [6.45, 7) is 7.00. The van der Waals surface area contributed by atoms with Crippen molar-refractivity contribution in [3.8, 4) is 11.6 Å². The van der Waals surface area contributed by atoms with E-state index in [1.54, 1.807) is 20.2 Å². The first-order chi connectivity index (χ1) is 27.6. The fourth-order valence-corrected chi connectivity index (χ4v) is 13.6. The molecule has 1 unspecified atom stereocenters. The number of allylic oxidation sites excluding steroid dienone is 1. The van der Waals surface area contributed by atoms with Gasteiger partial charge in [0.2, 0.25) is 0 Å². The molecule has 4 aliphatic rings. The number of hydrogen-bond acceptors (Lipinski definition) is 10. The third kappa shape index (κ3) is 10.7. The van der Waals surface area contributed by atoms with Crippen molar-refractivity contribution >= 4 is 39.0 Å². The van der Waals surface area contributed by atoms with Gasteiger partial charge in [-0.15, -0.1) is 0 Å². The summed E-state index contributed by atoms with van der Waals surface area (Å²) in [4.78, 5) is 30.4. The number of morpholine rings is 1. The Bertz CT molecular complexity index is 2070. The summed E-state index contributed by atoms with van der Waals surface area (Å²) < 4.78 is 50.2. The molecule has 7 rings (SSSR count). The molecule has 3 aromatic rings. The van der Waals surface area contributed by atoms with Gasteiger partial charge in [0.15, 0.2) is 0 Å². The second kappa shape index (κ2) is 19.2. The van der Waals surface area contributed by atoms with Crippen molar-refractivity contribution in [1.82, 2.24) is 19.4 Å². The summed E-state index contributed by atoms with van der Waals surface area (Å²) in [6.07, 6.45) is 11.1. The normalized spacial score (nSPS) is 26.8. The molecule has 2 amide bonds. The summed E-state index contributed by atoms with van der Waals surface area (Å²) in [5.41, 5.74) is 3.61. The van der Waals surface area contributed by atoms with Crippen LogP contribution in [0.3, 0.4) is 0 Å². The van der Waals surface area contributed by atoms with Crippen LogP contribution in [0.2, 0.25) is 5.02 Å². The predicted octanol–water partition coefficient (Wildman–Crippen LogP) is 2.85. The number of methoxy groups -OCH3 is 1. The standard InChI is InChI=1S/C41H53ClIN6O7S/c1-28-7-6-9-37(53-3)33-13-14-35(33)43-49-25-31-10-12-32(42)23-29(31)8-4-5-19-55-38-15-11-30(24-36(38)49)39(50)45-57(52,27-28)46-40(51)34-26-47(2)44-41(34)56-22-18-48-16-20-54-21-17-48/h6,9-12,15,23-24,26,28,33,35,37H,4-5,7-8,13-14,16-22,25,27H2,1-3H3,(H,45,46,50,51,52)/q-1/b9-6+/t28-,33+,35+,37-,57?/m0/s1. The Hall–Kier alpha value is -3.22. The first-order valence-electron chi connectivity index (χ1n) is 19.8. The first kappa shape index (κ1) is 41.9. The number of benzene rings is 2. The number of anilines is 1. The Morgan fingerprint density at radius 3 is 2.74 bits per heavy atom. The van der Waals surface area contributed by atoms with Gasteiger partial charge in [-0.05, 0) is 0 Å². The summed E-state index contributed by atoms with van der Waals surface area (Å²) in [5, 5.41) is 5.08. The van der Waals surface area contributed by atoms with Crippen molar-refractivity contribution in [2.24, 2.45) is 23.2 Å². The molecule has 1 saturated carbocycles. The maximum atomic E-state index is 14.9. The summed E-state index contributed by atoms with van der Waals surface area (Å²) in [7, 11) is -0.195. The Morgan fingerprint density at radius 2 is 1.95 bits per heavy atom. The van der Waals surface area contributed by atoms with Gasteiger partial charge < -0.3 is 4.74 Å². The Morgan fingerprint density at radius 1 is 1.11 bits per heavy atom. The van der Waals surface area contributed by atoms with Crippen LogP contribution in [0.15, 0.2) is 59.1 Å². The topological polar surface area (TPSA) is 137 Å². The number of alkyl halides is 1. The third-order valence-electron chi connectivity index (χ3n) is 10.9. The fraction of sp³-hybridized carbons (Fsp3) is 0.537. The number of aromatic nitrogens is 2. The number of nitrogens with zero attached hydrogens (tertiary/aromatic N) is 5. The zero-order valence-electron chi connectivity index (χ0n) is 32.9. The van der Waals surface area contributed by atoms with Crippen LogP contribution in [0.4, 0.5) is 5.69 Å². The van der Waals surface area contributed by atoms with Gasteiger partial charge in [-0.3, -0.25) is 4.90 Å². The molecule has 5 atom stereocenters. The molecule has 2 aromatic carbocycles. The van der Waals surface area contributed by atoms with Crippen LogP contribution in [-0.4, -0.2) is 99.7 Å². The molecular formula is C41H53ClIN6O7S-. The van der Waals surface area contributed by atoms with E-state index in [4.69, 9.17) is 30.5 Å². The van der Waals surface area contributed by atoms with Gasteiger partial charge >= 0.3 is 297 Å². The number of hydrogen-bond donors (Lipinski definition) is 1. The minimum atomic E-state index is -3.65. The van der Waals surface area contributed by atoms with Crippen LogP contribution in [0.25, 0.3) is 0 Å². The molecule has 1 aliphatic carbocycles. The molecular weight excluding hydrogens is 883 g/mol. The van der Waals surface area contributed by atoms with Gasteiger partial charge in [-0.1, -0.05) is 0 Å². The van der Waals surface area contributed by atoms with E-state index in [2.05, 4.69) is 46.5 Å².